The van der Waals surface area contributed by atoms with E-state index in [9.17, 15) is 5.11 Å². The number of phenolic OH excluding ortho intramolecular Hbond substituents is 1. The molecule has 1 aromatic carbocycles. The first kappa shape index (κ1) is 11.5. The van der Waals surface area contributed by atoms with Gasteiger partial charge in [-0.25, -0.2) is 0 Å². The molecule has 0 amide bonds. The van der Waals surface area contributed by atoms with Gasteiger partial charge in [-0.3, -0.25) is 4.99 Å². The predicted molar refractivity (Wildman–Crippen MR) is 62.0 cm³/mol. The normalized spacial score (nSPS) is 10.9. The fraction of sp³-hybridized carbons (Fsp3) is 0.364. The second-order valence-electron chi connectivity index (χ2n) is 3.40. The number of nitrogens with zero attached hydrogens (tertiary/aromatic N) is 2. The van der Waals surface area contributed by atoms with Gasteiger partial charge in [-0.05, 0) is 12.1 Å². The Hall–Kier alpha value is -1.55. The SMILES string of the molecule is CN(C)c1ccc(C=NCCO)c(O)c1. The van der Waals surface area contributed by atoms with Crippen molar-refractivity contribution in [1.82, 2.24) is 0 Å². The van der Waals surface area contributed by atoms with Crippen molar-refractivity contribution < 1.29 is 10.2 Å². The predicted octanol–water partition coefficient (Wildman–Crippen LogP) is 0.869. The highest BCUT2D eigenvalue weighted by Gasteiger charge is 2.01. The minimum absolute atomic E-state index is 0.0209. The number of aliphatic hydroxyl groups excluding tert-OH is 1. The molecule has 15 heavy (non-hydrogen) atoms. The molecule has 0 aromatic heterocycles. The summed E-state index contributed by atoms with van der Waals surface area (Å²) in [5.41, 5.74) is 1.60. The van der Waals surface area contributed by atoms with Gasteiger partial charge in [0.25, 0.3) is 0 Å². The fourth-order valence-corrected chi connectivity index (χ4v) is 1.14. The van der Waals surface area contributed by atoms with Crippen molar-refractivity contribution in [3.8, 4) is 5.75 Å². The summed E-state index contributed by atoms with van der Waals surface area (Å²) in [6.07, 6.45) is 1.56. The van der Waals surface area contributed by atoms with Crippen molar-refractivity contribution in [3.05, 3.63) is 23.8 Å². The van der Waals surface area contributed by atoms with Crippen LogP contribution >= 0.6 is 0 Å². The first-order valence-corrected chi connectivity index (χ1v) is 4.76. The van der Waals surface area contributed by atoms with Crippen molar-refractivity contribution in [1.29, 1.82) is 0 Å². The Labute approximate surface area is 89.5 Å². The molecule has 0 aliphatic rings. The zero-order valence-electron chi connectivity index (χ0n) is 9.01. The Balaban J connectivity index is 2.83. The minimum atomic E-state index is 0.0209. The summed E-state index contributed by atoms with van der Waals surface area (Å²) in [6, 6.07) is 5.38. The van der Waals surface area contributed by atoms with Gasteiger partial charge in [-0.2, -0.15) is 0 Å². The molecule has 0 atom stereocenters. The van der Waals surface area contributed by atoms with Crippen LogP contribution in [0.1, 0.15) is 5.56 Å². The van der Waals surface area contributed by atoms with E-state index in [0.29, 0.717) is 12.1 Å². The lowest BCUT2D eigenvalue weighted by Crippen LogP contribution is -2.08. The van der Waals surface area contributed by atoms with Gasteiger partial charge in [-0.15, -0.1) is 0 Å². The number of aliphatic hydroxyl groups is 1. The average molecular weight is 208 g/mol. The van der Waals surface area contributed by atoms with E-state index < -0.39 is 0 Å². The lowest BCUT2D eigenvalue weighted by Gasteiger charge is -2.12. The number of rotatable bonds is 4. The van der Waals surface area contributed by atoms with Crippen LogP contribution in [0.5, 0.6) is 5.75 Å². The number of aromatic hydroxyl groups is 1. The highest BCUT2D eigenvalue weighted by molar-refractivity contribution is 5.84. The quantitative estimate of drug-likeness (QED) is 0.722. The van der Waals surface area contributed by atoms with Crippen molar-refractivity contribution in [3.63, 3.8) is 0 Å². The molecule has 0 unspecified atom stereocenters. The summed E-state index contributed by atoms with van der Waals surface area (Å²) in [7, 11) is 3.82. The van der Waals surface area contributed by atoms with Crippen molar-refractivity contribution in [2.45, 2.75) is 0 Å². The van der Waals surface area contributed by atoms with Crippen LogP contribution in [-0.4, -0.2) is 43.7 Å². The van der Waals surface area contributed by atoms with Gasteiger partial charge in [-0.1, -0.05) is 0 Å². The van der Waals surface area contributed by atoms with Crippen molar-refractivity contribution in [2.75, 3.05) is 32.1 Å². The van der Waals surface area contributed by atoms with Crippen molar-refractivity contribution in [2.24, 2.45) is 4.99 Å². The molecular weight excluding hydrogens is 192 g/mol. The topological polar surface area (TPSA) is 56.1 Å². The van der Waals surface area contributed by atoms with Gasteiger partial charge >= 0.3 is 0 Å². The first-order valence-electron chi connectivity index (χ1n) is 4.76. The molecular formula is C11H16N2O2. The lowest BCUT2D eigenvalue weighted by atomic mass is 10.2. The van der Waals surface area contributed by atoms with E-state index in [1.807, 2.05) is 25.1 Å². The zero-order chi connectivity index (χ0) is 11.3. The van der Waals surface area contributed by atoms with Crippen LogP contribution in [0.15, 0.2) is 23.2 Å². The van der Waals surface area contributed by atoms with Crippen LogP contribution in [0.2, 0.25) is 0 Å². The van der Waals surface area contributed by atoms with E-state index in [2.05, 4.69) is 4.99 Å². The Bertz CT molecular complexity index is 348. The molecule has 1 aromatic rings. The molecule has 82 valence electrons. The van der Waals surface area contributed by atoms with E-state index in [1.54, 1.807) is 18.3 Å². The summed E-state index contributed by atoms with van der Waals surface area (Å²) < 4.78 is 0. The summed E-state index contributed by atoms with van der Waals surface area (Å²) in [6.45, 7) is 0.377. The Morgan fingerprint density at radius 2 is 2.13 bits per heavy atom. The van der Waals surface area contributed by atoms with Gasteiger partial charge in [0.1, 0.15) is 5.75 Å². The molecule has 0 saturated carbocycles. The number of aliphatic imine (C=N–C) groups is 1. The Morgan fingerprint density at radius 1 is 1.40 bits per heavy atom. The van der Waals surface area contributed by atoms with Gasteiger partial charge < -0.3 is 15.1 Å². The monoisotopic (exact) mass is 208 g/mol. The van der Waals surface area contributed by atoms with E-state index in [0.717, 1.165) is 5.69 Å². The van der Waals surface area contributed by atoms with Crippen LogP contribution in [0.25, 0.3) is 0 Å². The van der Waals surface area contributed by atoms with Gasteiger partial charge in [0, 0.05) is 37.6 Å². The minimum Gasteiger partial charge on any atom is -0.507 e. The van der Waals surface area contributed by atoms with E-state index >= 15 is 0 Å². The van der Waals surface area contributed by atoms with E-state index in [4.69, 9.17) is 5.11 Å². The largest absolute Gasteiger partial charge is 0.507 e. The molecule has 0 aliphatic heterocycles. The maximum atomic E-state index is 9.66. The number of anilines is 1. The number of hydrogen-bond acceptors (Lipinski definition) is 4. The third-order valence-corrected chi connectivity index (χ3v) is 1.99. The third-order valence-electron chi connectivity index (χ3n) is 1.99. The van der Waals surface area contributed by atoms with Crippen LogP contribution in [0.4, 0.5) is 5.69 Å². The third kappa shape index (κ3) is 3.25. The molecule has 0 aliphatic carbocycles. The zero-order valence-corrected chi connectivity index (χ0v) is 9.01. The summed E-state index contributed by atoms with van der Waals surface area (Å²) in [5.74, 6) is 0.197. The maximum Gasteiger partial charge on any atom is 0.126 e. The fourth-order valence-electron chi connectivity index (χ4n) is 1.14. The Morgan fingerprint density at radius 3 is 2.67 bits per heavy atom. The van der Waals surface area contributed by atoms with Gasteiger partial charge in [0.15, 0.2) is 0 Å². The van der Waals surface area contributed by atoms with Gasteiger partial charge in [0.2, 0.25) is 0 Å². The molecule has 0 fully saturated rings. The highest BCUT2D eigenvalue weighted by Crippen LogP contribution is 2.21. The van der Waals surface area contributed by atoms with Crippen LogP contribution in [0, 0.1) is 0 Å². The van der Waals surface area contributed by atoms with E-state index in [-0.39, 0.29) is 12.4 Å². The number of phenols is 1. The maximum absolute atomic E-state index is 9.66. The summed E-state index contributed by atoms with van der Waals surface area (Å²) in [5, 5.41) is 18.2. The van der Waals surface area contributed by atoms with Crippen molar-refractivity contribution >= 4 is 11.9 Å². The van der Waals surface area contributed by atoms with E-state index in [1.165, 1.54) is 0 Å². The lowest BCUT2D eigenvalue weighted by molar-refractivity contribution is 0.307. The number of hydrogen-bond donors (Lipinski definition) is 2. The average Bonchev–Trinajstić information content (AvgIpc) is 2.20. The van der Waals surface area contributed by atoms with Gasteiger partial charge in [0.05, 0.1) is 13.2 Å². The standard InChI is InChI=1S/C11H16N2O2/c1-13(2)10-4-3-9(11(15)7-10)8-12-5-6-14/h3-4,7-8,14-15H,5-6H2,1-2H3. The molecule has 1 rings (SSSR count). The highest BCUT2D eigenvalue weighted by atomic mass is 16.3. The molecule has 0 radical (unpaired) electrons. The second kappa shape index (κ2) is 5.36. The molecule has 0 heterocycles. The molecule has 2 N–H and O–H groups in total. The summed E-state index contributed by atoms with van der Waals surface area (Å²) in [4.78, 5) is 5.86. The molecule has 4 heteroatoms. The second-order valence-corrected chi connectivity index (χ2v) is 3.40. The van der Waals surface area contributed by atoms with Crippen LogP contribution in [-0.2, 0) is 0 Å². The molecule has 0 saturated heterocycles. The first-order chi connectivity index (χ1) is 7.15. The molecule has 0 bridgehead atoms. The van der Waals surface area contributed by atoms with Crippen LogP contribution < -0.4 is 4.90 Å². The van der Waals surface area contributed by atoms with Crippen LogP contribution in [0.3, 0.4) is 0 Å². The Kier molecular flexibility index (Phi) is 4.12. The molecule has 4 nitrogen and oxygen atoms in total. The smallest absolute Gasteiger partial charge is 0.126 e. The summed E-state index contributed by atoms with van der Waals surface area (Å²) >= 11 is 0. The molecule has 0 spiro atoms. The number of benzene rings is 1.